The molecule has 0 aromatic heterocycles. The molecule has 6 heteroatoms. The number of carbonyl (C=O) groups excluding carboxylic acids is 2. The fourth-order valence-electron chi connectivity index (χ4n) is 3.30. The number of halogens is 1. The highest BCUT2D eigenvalue weighted by Crippen LogP contribution is 2.52. The van der Waals surface area contributed by atoms with Gasteiger partial charge in [0.05, 0.1) is 6.04 Å². The van der Waals surface area contributed by atoms with Crippen molar-refractivity contribution >= 4 is 33.6 Å². The molecule has 2 aromatic rings. The van der Waals surface area contributed by atoms with Gasteiger partial charge in [-0.25, -0.2) is 4.79 Å². The molecule has 2 atom stereocenters. The summed E-state index contributed by atoms with van der Waals surface area (Å²) in [5.41, 5.74) is 1.78. The molecule has 0 unspecified atom stereocenters. The number of fused-ring (bicyclic) bond motifs is 1. The second-order valence-corrected chi connectivity index (χ2v) is 8.83. The Morgan fingerprint density at radius 3 is 2.33 bits per heavy atom. The Hall–Kier alpha value is -2.34. The predicted molar refractivity (Wildman–Crippen MR) is 109 cm³/mol. The largest absolute Gasteiger partial charge is 0.444 e. The average Bonchev–Trinajstić information content (AvgIpc) is 2.82. The van der Waals surface area contributed by atoms with E-state index in [4.69, 9.17) is 4.74 Å². The molecule has 2 aromatic carbocycles. The third-order valence-corrected chi connectivity index (χ3v) is 5.69. The van der Waals surface area contributed by atoms with Crippen LogP contribution in [0.15, 0.2) is 54.6 Å². The van der Waals surface area contributed by atoms with Gasteiger partial charge in [0.15, 0.2) is 4.32 Å². The van der Waals surface area contributed by atoms with E-state index in [1.807, 2.05) is 54.6 Å². The van der Waals surface area contributed by atoms with Gasteiger partial charge in [0, 0.05) is 18.3 Å². The standard InChI is InChI=1S/C21H23BrN2O3/c1-20(2,3)27-19(26)23-17(14-10-6-5-7-11-14)21(22)15-12-8-9-13-16(15)24(4)18(21)25/h5-13,17H,1-4H3,(H,23,26)/t17-,21-/m0/s1. The summed E-state index contributed by atoms with van der Waals surface area (Å²) in [6.45, 7) is 5.41. The zero-order chi connectivity index (χ0) is 19.8. The van der Waals surface area contributed by atoms with E-state index in [-0.39, 0.29) is 5.91 Å². The molecule has 5 nitrogen and oxygen atoms in total. The number of anilines is 1. The first kappa shape index (κ1) is 19.4. The van der Waals surface area contributed by atoms with Crippen molar-refractivity contribution in [3.05, 3.63) is 65.7 Å². The Morgan fingerprint density at radius 2 is 1.70 bits per heavy atom. The minimum atomic E-state index is -1.13. The Bertz CT molecular complexity index is 863. The van der Waals surface area contributed by atoms with Gasteiger partial charge < -0.3 is 15.0 Å². The van der Waals surface area contributed by atoms with Crippen LogP contribution >= 0.6 is 15.9 Å². The van der Waals surface area contributed by atoms with Crippen LogP contribution in [0.2, 0.25) is 0 Å². The molecule has 0 saturated heterocycles. The van der Waals surface area contributed by atoms with Crippen molar-refractivity contribution in [2.24, 2.45) is 0 Å². The predicted octanol–water partition coefficient (Wildman–Crippen LogP) is 4.52. The smallest absolute Gasteiger partial charge is 0.408 e. The number of nitrogens with one attached hydrogen (secondary N) is 1. The van der Waals surface area contributed by atoms with Crippen LogP contribution in [-0.4, -0.2) is 24.6 Å². The SMILES string of the molecule is CN1C(=O)[C@@](Br)([C@@H](NC(=O)OC(C)(C)C)c2ccccc2)c2ccccc21. The number of alkyl halides is 1. The molecule has 1 aliphatic heterocycles. The van der Waals surface area contributed by atoms with Gasteiger partial charge in [-0.2, -0.15) is 0 Å². The topological polar surface area (TPSA) is 58.6 Å². The van der Waals surface area contributed by atoms with Crippen LogP contribution in [0, 0.1) is 0 Å². The van der Waals surface area contributed by atoms with Gasteiger partial charge >= 0.3 is 6.09 Å². The van der Waals surface area contributed by atoms with Gasteiger partial charge in [0.2, 0.25) is 0 Å². The number of benzene rings is 2. The third kappa shape index (κ3) is 3.58. The number of likely N-dealkylation sites (N-methyl/N-ethyl adjacent to an activating group) is 1. The van der Waals surface area contributed by atoms with Gasteiger partial charge in [-0.1, -0.05) is 64.5 Å². The van der Waals surface area contributed by atoms with E-state index in [0.29, 0.717) is 0 Å². The Balaban J connectivity index is 2.08. The lowest BCUT2D eigenvalue weighted by Crippen LogP contribution is -2.47. The highest BCUT2D eigenvalue weighted by molar-refractivity contribution is 9.10. The van der Waals surface area contributed by atoms with E-state index in [0.717, 1.165) is 16.8 Å². The molecule has 0 bridgehead atoms. The third-order valence-electron chi connectivity index (χ3n) is 4.47. The summed E-state index contributed by atoms with van der Waals surface area (Å²) < 4.78 is 4.32. The number of hydrogen-bond donors (Lipinski definition) is 1. The number of alkyl carbamates (subject to hydrolysis) is 1. The van der Waals surface area contributed by atoms with Crippen molar-refractivity contribution in [1.29, 1.82) is 0 Å². The van der Waals surface area contributed by atoms with Crippen molar-refractivity contribution in [3.8, 4) is 0 Å². The first-order valence-electron chi connectivity index (χ1n) is 8.75. The lowest BCUT2D eigenvalue weighted by molar-refractivity contribution is -0.120. The summed E-state index contributed by atoms with van der Waals surface area (Å²) in [6, 6.07) is 16.4. The van der Waals surface area contributed by atoms with E-state index < -0.39 is 22.1 Å². The summed E-state index contributed by atoms with van der Waals surface area (Å²) in [6.07, 6.45) is -0.574. The molecule has 0 fully saturated rings. The molecule has 1 N–H and O–H groups in total. The Kier molecular flexibility index (Phi) is 5.04. The van der Waals surface area contributed by atoms with E-state index in [1.54, 1.807) is 32.7 Å². The fourth-order valence-corrected chi connectivity index (χ4v) is 4.28. The van der Waals surface area contributed by atoms with Gasteiger partial charge in [0.1, 0.15) is 5.60 Å². The molecule has 1 heterocycles. The first-order valence-corrected chi connectivity index (χ1v) is 9.55. The zero-order valence-electron chi connectivity index (χ0n) is 15.8. The summed E-state index contributed by atoms with van der Waals surface area (Å²) in [5, 5.41) is 2.91. The van der Waals surface area contributed by atoms with Gasteiger partial charge in [-0.05, 0) is 32.4 Å². The van der Waals surface area contributed by atoms with Crippen LogP contribution in [0.3, 0.4) is 0 Å². The number of hydrogen-bond acceptors (Lipinski definition) is 3. The van der Waals surface area contributed by atoms with Crippen molar-refractivity contribution in [2.45, 2.75) is 36.7 Å². The van der Waals surface area contributed by atoms with Crippen molar-refractivity contribution in [2.75, 3.05) is 11.9 Å². The maximum Gasteiger partial charge on any atom is 0.408 e. The molecule has 142 valence electrons. The van der Waals surface area contributed by atoms with Crippen molar-refractivity contribution < 1.29 is 14.3 Å². The molecule has 27 heavy (non-hydrogen) atoms. The normalized spacial score (nSPS) is 20.2. The lowest BCUT2D eigenvalue weighted by Gasteiger charge is -2.33. The highest BCUT2D eigenvalue weighted by Gasteiger charge is 2.54. The quantitative estimate of drug-likeness (QED) is 0.728. The average molecular weight is 431 g/mol. The summed E-state index contributed by atoms with van der Waals surface area (Å²) >= 11 is 3.70. The van der Waals surface area contributed by atoms with Crippen LogP contribution < -0.4 is 10.2 Å². The fraction of sp³-hybridized carbons (Fsp3) is 0.333. The Morgan fingerprint density at radius 1 is 1.11 bits per heavy atom. The molecule has 2 amide bonds. The van der Waals surface area contributed by atoms with E-state index in [9.17, 15) is 9.59 Å². The second-order valence-electron chi connectivity index (χ2n) is 7.58. The van der Waals surface area contributed by atoms with Crippen LogP contribution in [0.5, 0.6) is 0 Å². The highest BCUT2D eigenvalue weighted by atomic mass is 79.9. The van der Waals surface area contributed by atoms with Crippen LogP contribution in [0.25, 0.3) is 0 Å². The van der Waals surface area contributed by atoms with Crippen LogP contribution in [-0.2, 0) is 13.9 Å². The van der Waals surface area contributed by atoms with Gasteiger partial charge in [0.25, 0.3) is 5.91 Å². The second kappa shape index (κ2) is 7.00. The van der Waals surface area contributed by atoms with Crippen LogP contribution in [0.4, 0.5) is 10.5 Å². The summed E-state index contributed by atoms with van der Waals surface area (Å²) in [7, 11) is 1.74. The first-order chi connectivity index (χ1) is 12.6. The number of ether oxygens (including phenoxy) is 1. The monoisotopic (exact) mass is 430 g/mol. The number of para-hydroxylation sites is 1. The summed E-state index contributed by atoms with van der Waals surface area (Å²) in [5.74, 6) is -0.145. The maximum absolute atomic E-state index is 13.3. The molecule has 0 radical (unpaired) electrons. The summed E-state index contributed by atoms with van der Waals surface area (Å²) in [4.78, 5) is 27.4. The number of nitrogens with zero attached hydrogens (tertiary/aromatic N) is 1. The molecule has 0 aliphatic carbocycles. The van der Waals surface area contributed by atoms with Crippen molar-refractivity contribution in [1.82, 2.24) is 5.32 Å². The van der Waals surface area contributed by atoms with E-state index in [2.05, 4.69) is 21.2 Å². The minimum Gasteiger partial charge on any atom is -0.444 e. The number of carbonyl (C=O) groups is 2. The maximum atomic E-state index is 13.3. The minimum absolute atomic E-state index is 0.145. The van der Waals surface area contributed by atoms with Crippen molar-refractivity contribution in [3.63, 3.8) is 0 Å². The number of rotatable bonds is 3. The number of amides is 2. The molecule has 3 rings (SSSR count). The molecular weight excluding hydrogens is 408 g/mol. The molecule has 0 saturated carbocycles. The van der Waals surface area contributed by atoms with E-state index in [1.165, 1.54) is 0 Å². The lowest BCUT2D eigenvalue weighted by atomic mass is 9.87. The van der Waals surface area contributed by atoms with Gasteiger partial charge in [-0.15, -0.1) is 0 Å². The molecule has 0 spiro atoms. The van der Waals surface area contributed by atoms with Crippen LogP contribution in [0.1, 0.15) is 37.9 Å². The molecule has 1 aliphatic rings. The Labute approximate surface area is 167 Å². The molecular formula is C21H23BrN2O3. The zero-order valence-corrected chi connectivity index (χ0v) is 17.4. The van der Waals surface area contributed by atoms with Gasteiger partial charge in [-0.3, -0.25) is 4.79 Å². The van der Waals surface area contributed by atoms with E-state index >= 15 is 0 Å².